The van der Waals surface area contributed by atoms with E-state index in [0.29, 0.717) is 39.5 Å². The van der Waals surface area contributed by atoms with Gasteiger partial charge in [-0.15, -0.1) is 0 Å². The fourth-order valence-electron chi connectivity index (χ4n) is 1.98. The molecular formula is C12H24N2O4. The zero-order chi connectivity index (χ0) is 13.4. The van der Waals surface area contributed by atoms with Crippen molar-refractivity contribution >= 4 is 5.91 Å². The van der Waals surface area contributed by atoms with E-state index >= 15 is 0 Å². The number of amides is 1. The van der Waals surface area contributed by atoms with Crippen LogP contribution in [0.5, 0.6) is 0 Å². The summed E-state index contributed by atoms with van der Waals surface area (Å²) in [6.45, 7) is 7.42. The van der Waals surface area contributed by atoms with Crippen LogP contribution >= 0.6 is 0 Å². The normalized spacial score (nSPS) is 21.2. The zero-order valence-corrected chi connectivity index (χ0v) is 11.5. The molecule has 0 spiro atoms. The second kappa shape index (κ2) is 8.42. The van der Waals surface area contributed by atoms with Gasteiger partial charge in [0.25, 0.3) is 0 Å². The number of carbonyl (C=O) groups excluding carboxylic acids is 1. The van der Waals surface area contributed by atoms with Crippen LogP contribution in [0.3, 0.4) is 0 Å². The fraction of sp³-hybridized carbons (Fsp3) is 0.917. The molecule has 0 radical (unpaired) electrons. The Kier molecular flexibility index (Phi) is 7.19. The van der Waals surface area contributed by atoms with Crippen LogP contribution in [0.15, 0.2) is 0 Å². The summed E-state index contributed by atoms with van der Waals surface area (Å²) in [4.78, 5) is 13.8. The molecular weight excluding hydrogens is 236 g/mol. The molecule has 1 heterocycles. The first-order valence-electron chi connectivity index (χ1n) is 6.49. The van der Waals surface area contributed by atoms with E-state index in [2.05, 4.69) is 10.2 Å². The predicted molar refractivity (Wildman–Crippen MR) is 67.3 cm³/mol. The van der Waals surface area contributed by atoms with Crippen LogP contribution in [0.25, 0.3) is 0 Å². The van der Waals surface area contributed by atoms with Gasteiger partial charge in [-0.1, -0.05) is 0 Å². The Hall–Kier alpha value is -0.690. The van der Waals surface area contributed by atoms with Crippen LogP contribution in [0, 0.1) is 0 Å². The summed E-state index contributed by atoms with van der Waals surface area (Å²) in [7, 11) is 1.64. The minimum atomic E-state index is -0.287. The third kappa shape index (κ3) is 4.53. The Balaban J connectivity index is 2.56. The van der Waals surface area contributed by atoms with Gasteiger partial charge in [-0.25, -0.2) is 0 Å². The SMILES string of the molecule is CCOC(CN1CCOCC1C(=O)NC)OCC. The summed E-state index contributed by atoms with van der Waals surface area (Å²) >= 11 is 0. The standard InChI is InChI=1S/C12H24N2O4/c1-4-17-11(18-5-2)8-14-6-7-16-9-10(14)12(15)13-3/h10-11H,4-9H2,1-3H3,(H,13,15). The molecule has 0 aromatic rings. The molecule has 106 valence electrons. The molecule has 18 heavy (non-hydrogen) atoms. The van der Waals surface area contributed by atoms with E-state index < -0.39 is 0 Å². The molecule has 1 unspecified atom stereocenters. The lowest BCUT2D eigenvalue weighted by molar-refractivity contribution is -0.163. The Labute approximate surface area is 109 Å². The lowest BCUT2D eigenvalue weighted by atomic mass is 10.2. The van der Waals surface area contributed by atoms with E-state index in [-0.39, 0.29) is 18.2 Å². The molecule has 1 N–H and O–H groups in total. The molecule has 0 aliphatic carbocycles. The summed E-state index contributed by atoms with van der Waals surface area (Å²) in [5, 5.41) is 2.66. The molecule has 0 aromatic carbocycles. The van der Waals surface area contributed by atoms with Crippen molar-refractivity contribution in [1.82, 2.24) is 10.2 Å². The number of hydrogen-bond donors (Lipinski definition) is 1. The zero-order valence-electron chi connectivity index (χ0n) is 11.5. The van der Waals surface area contributed by atoms with E-state index in [1.165, 1.54) is 0 Å². The highest BCUT2D eigenvalue weighted by Gasteiger charge is 2.30. The maximum Gasteiger partial charge on any atom is 0.239 e. The maximum atomic E-state index is 11.8. The van der Waals surface area contributed by atoms with Crippen molar-refractivity contribution < 1.29 is 19.0 Å². The van der Waals surface area contributed by atoms with Crippen LogP contribution in [-0.2, 0) is 19.0 Å². The molecule has 6 heteroatoms. The van der Waals surface area contributed by atoms with Crippen molar-refractivity contribution in [3.63, 3.8) is 0 Å². The van der Waals surface area contributed by atoms with Crippen LogP contribution in [-0.4, -0.2) is 69.7 Å². The monoisotopic (exact) mass is 260 g/mol. The lowest BCUT2D eigenvalue weighted by Crippen LogP contribution is -2.55. The van der Waals surface area contributed by atoms with Gasteiger partial charge in [0.15, 0.2) is 6.29 Å². The van der Waals surface area contributed by atoms with E-state index in [1.54, 1.807) is 7.05 Å². The van der Waals surface area contributed by atoms with E-state index in [1.807, 2.05) is 13.8 Å². The highest BCUT2D eigenvalue weighted by molar-refractivity contribution is 5.81. The van der Waals surface area contributed by atoms with Crippen LogP contribution in [0.1, 0.15) is 13.8 Å². The van der Waals surface area contributed by atoms with Gasteiger partial charge in [0.05, 0.1) is 19.8 Å². The molecule has 1 aliphatic heterocycles. The summed E-state index contributed by atoms with van der Waals surface area (Å²) in [5.41, 5.74) is 0. The van der Waals surface area contributed by atoms with Gasteiger partial charge in [-0.05, 0) is 13.8 Å². The molecule has 0 aromatic heterocycles. The van der Waals surface area contributed by atoms with Crippen molar-refractivity contribution in [3.05, 3.63) is 0 Å². The summed E-state index contributed by atoms with van der Waals surface area (Å²) in [5.74, 6) is -0.0264. The number of likely N-dealkylation sites (N-methyl/N-ethyl adjacent to an activating group) is 1. The van der Waals surface area contributed by atoms with Crippen molar-refractivity contribution in [2.24, 2.45) is 0 Å². The second-order valence-corrected chi connectivity index (χ2v) is 4.04. The van der Waals surface area contributed by atoms with Crippen molar-refractivity contribution in [1.29, 1.82) is 0 Å². The molecule has 0 saturated carbocycles. The molecule has 1 fully saturated rings. The third-order valence-electron chi connectivity index (χ3n) is 2.88. The van der Waals surface area contributed by atoms with E-state index in [0.717, 1.165) is 0 Å². The first kappa shape index (κ1) is 15.4. The number of hydrogen-bond acceptors (Lipinski definition) is 5. The fourth-order valence-corrected chi connectivity index (χ4v) is 1.98. The highest BCUT2D eigenvalue weighted by Crippen LogP contribution is 2.10. The minimum absolute atomic E-state index is 0.0264. The van der Waals surface area contributed by atoms with Gasteiger partial charge < -0.3 is 19.5 Å². The second-order valence-electron chi connectivity index (χ2n) is 4.04. The number of carbonyl (C=O) groups is 1. The maximum absolute atomic E-state index is 11.8. The van der Waals surface area contributed by atoms with Gasteiger partial charge >= 0.3 is 0 Å². The van der Waals surface area contributed by atoms with Crippen molar-refractivity contribution in [2.75, 3.05) is 46.6 Å². The van der Waals surface area contributed by atoms with Crippen LogP contribution in [0.2, 0.25) is 0 Å². The minimum Gasteiger partial charge on any atom is -0.378 e. The van der Waals surface area contributed by atoms with Gasteiger partial charge in [0, 0.05) is 26.8 Å². The molecule has 6 nitrogen and oxygen atoms in total. The summed E-state index contributed by atoms with van der Waals surface area (Å²) < 4.78 is 16.4. The molecule has 1 aliphatic rings. The van der Waals surface area contributed by atoms with Crippen molar-refractivity contribution in [2.45, 2.75) is 26.2 Å². The van der Waals surface area contributed by atoms with Crippen LogP contribution < -0.4 is 5.32 Å². The Morgan fingerprint density at radius 2 is 2.11 bits per heavy atom. The van der Waals surface area contributed by atoms with Gasteiger partial charge in [-0.3, -0.25) is 9.69 Å². The molecule has 1 atom stereocenters. The Morgan fingerprint density at radius 1 is 1.44 bits per heavy atom. The lowest BCUT2D eigenvalue weighted by Gasteiger charge is -2.36. The number of nitrogens with zero attached hydrogens (tertiary/aromatic N) is 1. The van der Waals surface area contributed by atoms with Gasteiger partial charge in [0.2, 0.25) is 5.91 Å². The first-order chi connectivity index (χ1) is 8.72. The molecule has 1 rings (SSSR count). The van der Waals surface area contributed by atoms with Crippen molar-refractivity contribution in [3.8, 4) is 0 Å². The third-order valence-corrected chi connectivity index (χ3v) is 2.88. The van der Waals surface area contributed by atoms with E-state index in [9.17, 15) is 4.79 Å². The van der Waals surface area contributed by atoms with Gasteiger partial charge in [-0.2, -0.15) is 0 Å². The largest absolute Gasteiger partial charge is 0.378 e. The number of ether oxygens (including phenoxy) is 3. The summed E-state index contributed by atoms with van der Waals surface area (Å²) in [6, 6.07) is -0.257. The number of nitrogens with one attached hydrogen (secondary N) is 1. The topological polar surface area (TPSA) is 60.0 Å². The molecule has 1 amide bonds. The molecule has 1 saturated heterocycles. The Bertz CT molecular complexity index is 244. The predicted octanol–water partition coefficient (Wildman–Crippen LogP) is -0.168. The average Bonchev–Trinajstić information content (AvgIpc) is 2.39. The van der Waals surface area contributed by atoms with Crippen LogP contribution in [0.4, 0.5) is 0 Å². The summed E-state index contributed by atoms with van der Waals surface area (Å²) in [6.07, 6.45) is -0.287. The highest BCUT2D eigenvalue weighted by atomic mass is 16.7. The number of rotatable bonds is 7. The smallest absolute Gasteiger partial charge is 0.239 e. The molecule has 0 bridgehead atoms. The number of morpholine rings is 1. The Morgan fingerprint density at radius 3 is 2.67 bits per heavy atom. The van der Waals surface area contributed by atoms with Gasteiger partial charge in [0.1, 0.15) is 6.04 Å². The quantitative estimate of drug-likeness (QED) is 0.644. The average molecular weight is 260 g/mol. The van der Waals surface area contributed by atoms with E-state index in [4.69, 9.17) is 14.2 Å². The first-order valence-corrected chi connectivity index (χ1v) is 6.49.